The Morgan fingerprint density at radius 1 is 1.20 bits per heavy atom. The fourth-order valence-electron chi connectivity index (χ4n) is 4.07. The molecule has 0 heterocycles. The molecule has 0 spiro atoms. The molecule has 2 fully saturated rings. The minimum Gasteiger partial charge on any atom is -0.465 e. The Morgan fingerprint density at radius 3 is 2.40 bits per heavy atom. The molecule has 4 atom stereocenters. The highest BCUT2D eigenvalue weighted by Crippen LogP contribution is 2.53. The number of halogens is 3. The van der Waals surface area contributed by atoms with Crippen LogP contribution in [0, 0.1) is 29.1 Å². The largest absolute Gasteiger partial charge is 0.511 e. The molecule has 1 N–H and O–H groups in total. The van der Waals surface area contributed by atoms with Gasteiger partial charge in [0.25, 0.3) is 0 Å². The van der Waals surface area contributed by atoms with Gasteiger partial charge in [-0.15, -0.1) is 0 Å². The third kappa shape index (κ3) is 4.67. The van der Waals surface area contributed by atoms with Crippen LogP contribution in [0.4, 0.5) is 13.2 Å². The van der Waals surface area contributed by atoms with Gasteiger partial charge in [0.2, 0.25) is 0 Å². The minimum atomic E-state index is -5.27. The summed E-state index contributed by atoms with van der Waals surface area (Å²) in [5, 5.41) is 0. The Labute approximate surface area is 146 Å². The molecular formula is C16H26F3NO4S. The van der Waals surface area contributed by atoms with Crippen molar-refractivity contribution in [3.63, 3.8) is 0 Å². The van der Waals surface area contributed by atoms with Crippen molar-refractivity contribution in [3.05, 3.63) is 0 Å². The third-order valence-electron chi connectivity index (χ3n) is 5.37. The van der Waals surface area contributed by atoms with Gasteiger partial charge in [0.1, 0.15) is 0 Å². The van der Waals surface area contributed by atoms with Crippen LogP contribution < -0.4 is 4.72 Å². The van der Waals surface area contributed by atoms with E-state index in [1.54, 1.807) is 25.5 Å². The fraction of sp³-hybridized carbons (Fsp3) is 0.938. The van der Waals surface area contributed by atoms with E-state index in [-0.39, 0.29) is 30.3 Å². The lowest BCUT2D eigenvalue weighted by atomic mass is 9.86. The highest BCUT2D eigenvalue weighted by atomic mass is 32.2. The van der Waals surface area contributed by atoms with Crippen LogP contribution in [0.1, 0.15) is 46.5 Å². The number of hydrogen-bond donors (Lipinski definition) is 1. The van der Waals surface area contributed by atoms with Gasteiger partial charge in [-0.2, -0.15) is 13.2 Å². The smallest absolute Gasteiger partial charge is 0.465 e. The SMILES string of the molecule is CC(C)(C)C(=O)OCC1C2CCC1C(CCNS(=O)(=O)C(F)(F)F)C2. The van der Waals surface area contributed by atoms with E-state index in [0.29, 0.717) is 18.9 Å². The summed E-state index contributed by atoms with van der Waals surface area (Å²) in [6, 6.07) is 0. The van der Waals surface area contributed by atoms with Gasteiger partial charge >= 0.3 is 21.5 Å². The van der Waals surface area contributed by atoms with Crippen molar-refractivity contribution in [2.75, 3.05) is 13.2 Å². The van der Waals surface area contributed by atoms with Gasteiger partial charge in [0.05, 0.1) is 12.0 Å². The third-order valence-corrected chi connectivity index (χ3v) is 6.56. The van der Waals surface area contributed by atoms with Crippen molar-refractivity contribution >= 4 is 16.0 Å². The van der Waals surface area contributed by atoms with Crippen molar-refractivity contribution in [2.45, 2.75) is 52.0 Å². The van der Waals surface area contributed by atoms with E-state index in [0.717, 1.165) is 19.3 Å². The summed E-state index contributed by atoms with van der Waals surface area (Å²) < 4.78 is 66.1. The molecule has 0 aromatic heterocycles. The number of hydrogen-bond acceptors (Lipinski definition) is 4. The van der Waals surface area contributed by atoms with Crippen LogP contribution in [0.15, 0.2) is 0 Å². The first-order valence-electron chi connectivity index (χ1n) is 8.56. The number of carbonyl (C=O) groups is 1. The molecule has 2 bridgehead atoms. The molecule has 0 radical (unpaired) electrons. The van der Waals surface area contributed by atoms with Crippen LogP contribution in [0.25, 0.3) is 0 Å². The van der Waals surface area contributed by atoms with Gasteiger partial charge in [0, 0.05) is 6.54 Å². The maximum atomic E-state index is 12.3. The predicted molar refractivity (Wildman–Crippen MR) is 85.8 cm³/mol. The van der Waals surface area contributed by atoms with Crippen molar-refractivity contribution in [1.82, 2.24) is 4.72 Å². The fourth-order valence-corrected chi connectivity index (χ4v) is 4.62. The number of alkyl halides is 3. The van der Waals surface area contributed by atoms with E-state index in [1.165, 1.54) is 0 Å². The van der Waals surface area contributed by atoms with Gasteiger partial charge in [-0.1, -0.05) is 0 Å². The molecule has 0 saturated heterocycles. The summed E-state index contributed by atoms with van der Waals surface area (Å²) in [5.74, 6) is 0.840. The predicted octanol–water partition coefficient (Wildman–Crippen LogP) is 3.07. The molecular weight excluding hydrogens is 359 g/mol. The zero-order chi connectivity index (χ0) is 19.0. The molecule has 2 saturated carbocycles. The van der Waals surface area contributed by atoms with Crippen molar-refractivity contribution in [3.8, 4) is 0 Å². The van der Waals surface area contributed by atoms with Crippen molar-refractivity contribution < 1.29 is 31.1 Å². The quantitative estimate of drug-likeness (QED) is 0.714. The van der Waals surface area contributed by atoms with Crippen LogP contribution in [0.2, 0.25) is 0 Å². The summed E-state index contributed by atoms with van der Waals surface area (Å²) in [6.07, 6.45) is 3.22. The van der Waals surface area contributed by atoms with Gasteiger partial charge in [-0.05, 0) is 70.1 Å². The molecule has 0 aromatic carbocycles. The zero-order valence-corrected chi connectivity index (χ0v) is 15.5. The number of fused-ring (bicyclic) bond motifs is 2. The van der Waals surface area contributed by atoms with E-state index in [2.05, 4.69) is 0 Å². The molecule has 2 aliphatic carbocycles. The number of ether oxygens (including phenoxy) is 1. The van der Waals surface area contributed by atoms with E-state index in [4.69, 9.17) is 4.74 Å². The Morgan fingerprint density at radius 2 is 1.84 bits per heavy atom. The average Bonchev–Trinajstić information content (AvgIpc) is 2.98. The van der Waals surface area contributed by atoms with Crippen molar-refractivity contribution in [2.24, 2.45) is 29.1 Å². The summed E-state index contributed by atoms with van der Waals surface area (Å²) in [6.45, 7) is 5.48. The van der Waals surface area contributed by atoms with Gasteiger partial charge in [0.15, 0.2) is 0 Å². The standard InChI is InChI=1S/C16H26F3NO4S/c1-15(2,3)14(21)24-9-13-10-4-5-12(13)11(8-10)6-7-20-25(22,23)16(17,18)19/h10-13,20H,4-9H2,1-3H3. The van der Waals surface area contributed by atoms with Crippen LogP contribution in [-0.4, -0.2) is 33.0 Å². The Kier molecular flexibility index (Phi) is 5.78. The highest BCUT2D eigenvalue weighted by molar-refractivity contribution is 7.90. The van der Waals surface area contributed by atoms with Gasteiger partial charge in [-0.3, -0.25) is 4.79 Å². The Balaban J connectivity index is 1.83. The van der Waals surface area contributed by atoms with Gasteiger partial charge < -0.3 is 4.74 Å². The summed E-state index contributed by atoms with van der Waals surface area (Å²) in [4.78, 5) is 11.9. The molecule has 9 heteroatoms. The zero-order valence-electron chi connectivity index (χ0n) is 14.7. The molecule has 0 amide bonds. The molecule has 2 rings (SSSR count). The Hall–Kier alpha value is -0.830. The van der Waals surface area contributed by atoms with E-state index in [9.17, 15) is 26.4 Å². The lowest BCUT2D eigenvalue weighted by Gasteiger charge is -2.23. The molecule has 146 valence electrons. The van der Waals surface area contributed by atoms with Crippen molar-refractivity contribution in [1.29, 1.82) is 0 Å². The lowest BCUT2D eigenvalue weighted by Crippen LogP contribution is -2.37. The average molecular weight is 385 g/mol. The molecule has 2 aliphatic rings. The van der Waals surface area contributed by atoms with E-state index < -0.39 is 20.9 Å². The number of carbonyl (C=O) groups excluding carboxylic acids is 1. The minimum absolute atomic E-state index is 0.174. The number of rotatable bonds is 6. The number of sulfonamides is 1. The van der Waals surface area contributed by atoms with E-state index >= 15 is 0 Å². The molecule has 4 unspecified atom stereocenters. The lowest BCUT2D eigenvalue weighted by molar-refractivity contribution is -0.154. The highest BCUT2D eigenvalue weighted by Gasteiger charge is 2.49. The Bertz CT molecular complexity index is 597. The second-order valence-corrected chi connectivity index (χ2v) is 9.90. The molecule has 0 aliphatic heterocycles. The molecule has 0 aromatic rings. The van der Waals surface area contributed by atoms with Crippen LogP contribution in [0.3, 0.4) is 0 Å². The van der Waals surface area contributed by atoms with Gasteiger partial charge in [-0.25, -0.2) is 13.1 Å². The summed E-state index contributed by atoms with van der Waals surface area (Å²) in [7, 11) is -5.27. The molecule has 5 nitrogen and oxygen atoms in total. The topological polar surface area (TPSA) is 72.5 Å². The first-order valence-corrected chi connectivity index (χ1v) is 10.0. The van der Waals surface area contributed by atoms with Crippen LogP contribution >= 0.6 is 0 Å². The molecule has 25 heavy (non-hydrogen) atoms. The normalized spacial score (nSPS) is 29.8. The first kappa shape index (κ1) is 20.5. The summed E-state index contributed by atoms with van der Waals surface area (Å²) >= 11 is 0. The number of nitrogens with one attached hydrogen (secondary N) is 1. The van der Waals surface area contributed by atoms with Crippen LogP contribution in [-0.2, 0) is 19.6 Å². The second kappa shape index (κ2) is 7.06. The number of esters is 1. The van der Waals surface area contributed by atoms with E-state index in [1.807, 2.05) is 0 Å². The monoisotopic (exact) mass is 385 g/mol. The maximum Gasteiger partial charge on any atom is 0.511 e. The second-order valence-electron chi connectivity index (χ2n) is 8.14. The first-order chi connectivity index (χ1) is 11.3. The summed E-state index contributed by atoms with van der Waals surface area (Å²) in [5.41, 5.74) is -5.84. The van der Waals surface area contributed by atoms with Crippen LogP contribution in [0.5, 0.6) is 0 Å². The maximum absolute atomic E-state index is 12.3.